The maximum absolute atomic E-state index is 6.11. The third kappa shape index (κ3) is 2.50. The molecular formula is C17H22N4. The van der Waals surface area contributed by atoms with Gasteiger partial charge >= 0.3 is 0 Å². The van der Waals surface area contributed by atoms with Crippen molar-refractivity contribution in [1.82, 2.24) is 15.0 Å². The zero-order valence-corrected chi connectivity index (χ0v) is 12.9. The zero-order valence-electron chi connectivity index (χ0n) is 12.9. The molecule has 1 aliphatic carbocycles. The van der Waals surface area contributed by atoms with E-state index in [9.17, 15) is 0 Å². The Kier molecular flexibility index (Phi) is 3.62. The van der Waals surface area contributed by atoms with Gasteiger partial charge in [-0.2, -0.15) is 0 Å². The van der Waals surface area contributed by atoms with Crippen molar-refractivity contribution in [3.05, 3.63) is 46.7 Å². The molecule has 110 valence electrons. The molecule has 2 N–H and O–H groups in total. The average Bonchev–Trinajstić information content (AvgIpc) is 2.49. The molecule has 4 heteroatoms. The van der Waals surface area contributed by atoms with Crippen molar-refractivity contribution in [3.63, 3.8) is 0 Å². The van der Waals surface area contributed by atoms with E-state index in [1.807, 2.05) is 19.2 Å². The summed E-state index contributed by atoms with van der Waals surface area (Å²) in [6.45, 7) is 6.22. The van der Waals surface area contributed by atoms with Crippen LogP contribution >= 0.6 is 0 Å². The molecule has 0 aromatic carbocycles. The fourth-order valence-corrected chi connectivity index (χ4v) is 3.04. The number of nitrogens with zero attached hydrogens (tertiary/aromatic N) is 3. The molecule has 21 heavy (non-hydrogen) atoms. The Morgan fingerprint density at radius 3 is 2.81 bits per heavy atom. The van der Waals surface area contributed by atoms with Gasteiger partial charge in [0.1, 0.15) is 11.6 Å². The number of fused-ring (bicyclic) bond motifs is 1. The van der Waals surface area contributed by atoms with Gasteiger partial charge in [-0.15, -0.1) is 0 Å². The highest BCUT2D eigenvalue weighted by molar-refractivity contribution is 5.46. The number of nitrogen functional groups attached to an aromatic ring is 1. The predicted octanol–water partition coefficient (Wildman–Crippen LogP) is 3.35. The van der Waals surface area contributed by atoms with E-state index in [-0.39, 0.29) is 11.8 Å². The summed E-state index contributed by atoms with van der Waals surface area (Å²) >= 11 is 0. The summed E-state index contributed by atoms with van der Waals surface area (Å²) < 4.78 is 0. The molecule has 0 saturated carbocycles. The molecule has 0 saturated heterocycles. The van der Waals surface area contributed by atoms with Gasteiger partial charge in [-0.1, -0.05) is 19.9 Å². The Bertz CT molecular complexity index is 664. The number of aromatic nitrogens is 3. The van der Waals surface area contributed by atoms with E-state index in [0.29, 0.717) is 5.82 Å². The summed E-state index contributed by atoms with van der Waals surface area (Å²) in [5.41, 5.74) is 10.7. The highest BCUT2D eigenvalue weighted by atomic mass is 15.0. The number of pyridine rings is 1. The normalized spacial score (nSPS) is 17.8. The van der Waals surface area contributed by atoms with Gasteiger partial charge in [0.2, 0.25) is 0 Å². The number of nitrogens with two attached hydrogens (primary N) is 1. The topological polar surface area (TPSA) is 64.7 Å². The van der Waals surface area contributed by atoms with Crippen LogP contribution in [0.1, 0.15) is 66.9 Å². The van der Waals surface area contributed by atoms with Crippen molar-refractivity contribution in [2.24, 2.45) is 0 Å². The summed E-state index contributed by atoms with van der Waals surface area (Å²) in [5.74, 6) is 1.96. The summed E-state index contributed by atoms with van der Waals surface area (Å²) in [4.78, 5) is 13.9. The second-order valence-electron chi connectivity index (χ2n) is 6.12. The Morgan fingerprint density at radius 1 is 1.24 bits per heavy atom. The summed E-state index contributed by atoms with van der Waals surface area (Å²) in [6.07, 6.45) is 5.24. The van der Waals surface area contributed by atoms with E-state index in [4.69, 9.17) is 10.7 Å². The Labute approximate surface area is 125 Å². The largest absolute Gasteiger partial charge is 0.383 e. The van der Waals surface area contributed by atoms with Gasteiger partial charge in [0.25, 0.3) is 0 Å². The molecule has 2 heterocycles. The van der Waals surface area contributed by atoms with E-state index in [0.717, 1.165) is 29.9 Å². The monoisotopic (exact) mass is 282 g/mol. The van der Waals surface area contributed by atoms with Crippen LogP contribution in [0.4, 0.5) is 5.82 Å². The number of hydrogen-bond acceptors (Lipinski definition) is 4. The molecule has 1 unspecified atom stereocenters. The smallest absolute Gasteiger partial charge is 0.133 e. The van der Waals surface area contributed by atoms with Gasteiger partial charge in [-0.25, -0.2) is 9.97 Å². The molecule has 0 spiro atoms. The summed E-state index contributed by atoms with van der Waals surface area (Å²) in [5, 5.41) is 0. The van der Waals surface area contributed by atoms with Crippen LogP contribution in [0.5, 0.6) is 0 Å². The molecule has 1 aliphatic rings. The van der Waals surface area contributed by atoms with Gasteiger partial charge in [-0.3, -0.25) is 4.98 Å². The van der Waals surface area contributed by atoms with Crippen LogP contribution < -0.4 is 5.73 Å². The average molecular weight is 282 g/mol. The Morgan fingerprint density at radius 2 is 2.05 bits per heavy atom. The molecule has 3 rings (SSSR count). The van der Waals surface area contributed by atoms with E-state index >= 15 is 0 Å². The Balaban J connectivity index is 2.13. The maximum atomic E-state index is 6.11. The van der Waals surface area contributed by atoms with Crippen LogP contribution in [0.3, 0.4) is 0 Å². The molecule has 0 aliphatic heterocycles. The number of hydrogen-bond donors (Lipinski definition) is 1. The van der Waals surface area contributed by atoms with Crippen molar-refractivity contribution in [1.29, 1.82) is 0 Å². The molecule has 1 atom stereocenters. The minimum atomic E-state index is 0.248. The van der Waals surface area contributed by atoms with Gasteiger partial charge < -0.3 is 5.73 Å². The molecule has 0 fully saturated rings. The highest BCUT2D eigenvalue weighted by Gasteiger charge is 2.27. The third-order valence-corrected chi connectivity index (χ3v) is 4.28. The lowest BCUT2D eigenvalue weighted by Crippen LogP contribution is -2.18. The van der Waals surface area contributed by atoms with Crippen LogP contribution in [0, 0.1) is 6.92 Å². The first-order chi connectivity index (χ1) is 10.1. The first-order valence-corrected chi connectivity index (χ1v) is 7.65. The molecular weight excluding hydrogens is 260 g/mol. The zero-order chi connectivity index (χ0) is 15.0. The van der Waals surface area contributed by atoms with Crippen LogP contribution in [-0.4, -0.2) is 15.0 Å². The molecule has 4 nitrogen and oxygen atoms in total. The lowest BCUT2D eigenvalue weighted by molar-refractivity contribution is 0.578. The summed E-state index contributed by atoms with van der Waals surface area (Å²) in [7, 11) is 0. The van der Waals surface area contributed by atoms with Crippen LogP contribution in [-0.2, 0) is 6.42 Å². The van der Waals surface area contributed by atoms with E-state index in [1.54, 1.807) is 0 Å². The van der Waals surface area contributed by atoms with Crippen LogP contribution in [0.15, 0.2) is 18.3 Å². The lowest BCUT2D eigenvalue weighted by Gasteiger charge is -2.26. The van der Waals surface area contributed by atoms with Gasteiger partial charge in [0.05, 0.1) is 11.4 Å². The Hall–Kier alpha value is -1.97. The van der Waals surface area contributed by atoms with E-state index < -0.39 is 0 Å². The number of rotatable bonds is 2. The third-order valence-electron chi connectivity index (χ3n) is 4.28. The van der Waals surface area contributed by atoms with Crippen molar-refractivity contribution in [3.8, 4) is 0 Å². The second kappa shape index (κ2) is 5.43. The first-order valence-electron chi connectivity index (χ1n) is 7.65. The van der Waals surface area contributed by atoms with Crippen LogP contribution in [0.25, 0.3) is 0 Å². The SMILES string of the molecule is Cc1c(N)nc(C(C)C)nc1C1CCCc2cccnc21. The van der Waals surface area contributed by atoms with E-state index in [2.05, 4.69) is 29.9 Å². The first kappa shape index (κ1) is 14.0. The van der Waals surface area contributed by atoms with Gasteiger partial charge in [0, 0.05) is 23.6 Å². The fourth-order valence-electron chi connectivity index (χ4n) is 3.04. The molecule has 2 aromatic heterocycles. The second-order valence-corrected chi connectivity index (χ2v) is 6.12. The van der Waals surface area contributed by atoms with Gasteiger partial charge in [0.15, 0.2) is 0 Å². The van der Waals surface area contributed by atoms with E-state index in [1.165, 1.54) is 17.7 Å². The highest BCUT2D eigenvalue weighted by Crippen LogP contribution is 2.36. The fraction of sp³-hybridized carbons (Fsp3) is 0.471. The minimum absolute atomic E-state index is 0.248. The lowest BCUT2D eigenvalue weighted by atomic mass is 9.83. The molecule has 2 aromatic rings. The maximum Gasteiger partial charge on any atom is 0.133 e. The molecule has 0 radical (unpaired) electrons. The van der Waals surface area contributed by atoms with Crippen molar-refractivity contribution in [2.75, 3.05) is 5.73 Å². The quantitative estimate of drug-likeness (QED) is 0.917. The molecule has 0 amide bonds. The van der Waals surface area contributed by atoms with Crippen molar-refractivity contribution in [2.45, 2.75) is 51.9 Å². The standard InChI is InChI=1S/C17H22N4/c1-10(2)17-20-14(11(3)16(18)21-17)13-8-4-6-12-7-5-9-19-15(12)13/h5,7,9-10,13H,4,6,8H2,1-3H3,(H2,18,20,21). The number of aryl methyl sites for hydroxylation is 1. The summed E-state index contributed by atoms with van der Waals surface area (Å²) in [6, 6.07) is 4.19. The minimum Gasteiger partial charge on any atom is -0.383 e. The number of anilines is 1. The van der Waals surface area contributed by atoms with Crippen LogP contribution in [0.2, 0.25) is 0 Å². The van der Waals surface area contributed by atoms with Crippen molar-refractivity contribution < 1.29 is 0 Å². The van der Waals surface area contributed by atoms with Crippen molar-refractivity contribution >= 4 is 5.82 Å². The molecule has 0 bridgehead atoms. The van der Waals surface area contributed by atoms with Gasteiger partial charge in [-0.05, 0) is 37.8 Å². The predicted molar refractivity (Wildman–Crippen MR) is 84.3 cm³/mol.